The van der Waals surface area contributed by atoms with Gasteiger partial charge in [0.1, 0.15) is 17.2 Å². The maximum absolute atomic E-state index is 15.7. The van der Waals surface area contributed by atoms with Crippen LogP contribution < -0.4 is 30.7 Å². The van der Waals surface area contributed by atoms with Crippen molar-refractivity contribution in [3.05, 3.63) is 78.4 Å². The standard InChI is InChI=1S/C50H58FN11O3/c1-31-28-61(47-39(31)20-35(27-53-47)60-15-10-45(64)54-48(60)65)37-25-50(26-37)11-16-57(17-12-50)36-23-49(24-36)13-18-58(19-14-49)42-21-32(8-9-40(42)51)62-33-6-7-34(62)30-59(29-33)43-22-41(55-56-46(43)52)38-4-2-3-5-44(38)63/h2-5,8-9,20-22,27-28,33-34,36-37,63H,6-7,10-19,23-26,29-30H2,1H3,(H2,52,56)(H,54,64,65). The number of aromatic nitrogens is 4. The van der Waals surface area contributed by atoms with Crippen LogP contribution in [0.2, 0.25) is 0 Å². The summed E-state index contributed by atoms with van der Waals surface area (Å²) in [5.41, 5.74) is 14.0. The number of phenols is 1. The fraction of sp³-hybridized carbons (Fsp3) is 0.500. The van der Waals surface area contributed by atoms with E-state index in [4.69, 9.17) is 10.7 Å². The zero-order valence-electron chi connectivity index (χ0n) is 37.1. The Morgan fingerprint density at radius 3 is 2.22 bits per heavy atom. The predicted molar refractivity (Wildman–Crippen MR) is 250 cm³/mol. The second kappa shape index (κ2) is 15.3. The first kappa shape index (κ1) is 40.5. The number of nitrogens with one attached hydrogen (secondary N) is 1. The van der Waals surface area contributed by atoms with Gasteiger partial charge >= 0.3 is 6.03 Å². The van der Waals surface area contributed by atoms with Crippen LogP contribution in [0.25, 0.3) is 22.3 Å². The number of hydrogen-bond acceptors (Lipinski definition) is 11. The van der Waals surface area contributed by atoms with Gasteiger partial charge in [0.05, 0.1) is 29.0 Å². The summed E-state index contributed by atoms with van der Waals surface area (Å²) in [6, 6.07) is 18.2. The van der Waals surface area contributed by atoms with Crippen LogP contribution in [-0.4, -0.2) is 106 Å². The first-order chi connectivity index (χ1) is 31.5. The summed E-state index contributed by atoms with van der Waals surface area (Å²) in [5.74, 6) is 0.176. The first-order valence-electron chi connectivity index (χ1n) is 23.8. The number of pyridine rings is 1. The number of piperazine rings is 1. The predicted octanol–water partition coefficient (Wildman–Crippen LogP) is 7.40. The van der Waals surface area contributed by atoms with Gasteiger partial charge in [0.25, 0.3) is 0 Å². The average molecular weight is 880 g/mol. The van der Waals surface area contributed by atoms with Gasteiger partial charge in [-0.2, -0.15) is 0 Å². The van der Waals surface area contributed by atoms with Crippen LogP contribution in [0, 0.1) is 23.6 Å². The number of urea groups is 1. The highest BCUT2D eigenvalue weighted by Gasteiger charge is 2.52. The Labute approximate surface area is 378 Å². The fourth-order valence-electron chi connectivity index (χ4n) is 13.1. The molecule has 5 aromatic rings. The first-order valence-corrected chi connectivity index (χ1v) is 23.8. The molecule has 65 heavy (non-hydrogen) atoms. The quantitative estimate of drug-likeness (QED) is 0.150. The molecule has 15 heteroatoms. The van der Waals surface area contributed by atoms with Crippen molar-refractivity contribution in [2.45, 2.75) is 102 Å². The molecule has 5 saturated heterocycles. The molecule has 2 aliphatic carbocycles. The number of imide groups is 1. The Kier molecular flexibility index (Phi) is 9.55. The van der Waals surface area contributed by atoms with Gasteiger partial charge in [-0.05, 0) is 143 Å². The summed E-state index contributed by atoms with van der Waals surface area (Å²) in [5, 5.41) is 22.5. The summed E-state index contributed by atoms with van der Waals surface area (Å²) in [4.78, 5) is 40.5. The molecule has 2 spiro atoms. The zero-order chi connectivity index (χ0) is 44.2. The van der Waals surface area contributed by atoms with Crippen molar-refractivity contribution in [1.82, 2.24) is 30.0 Å². The van der Waals surface area contributed by atoms with Crippen LogP contribution >= 0.6 is 0 Å². The Morgan fingerprint density at radius 1 is 0.785 bits per heavy atom. The SMILES string of the molecule is Cc1cn(C2CC3(CCN(C4CC5(CCN(c6cc(N7C8CCC7CN(c7cc(-c9ccccc9O)nnc7N)C8)ccc6F)CC5)C4)CC3)C2)c2ncc(N3CCC(=O)NC3=O)cc12. The Morgan fingerprint density at radius 2 is 1.49 bits per heavy atom. The molecule has 2 unspecified atom stereocenters. The molecule has 3 amide bonds. The van der Waals surface area contributed by atoms with E-state index >= 15 is 4.39 Å². The van der Waals surface area contributed by atoms with E-state index in [0.717, 1.165) is 91.2 Å². The van der Waals surface area contributed by atoms with Crippen LogP contribution in [0.15, 0.2) is 67.0 Å². The monoisotopic (exact) mass is 879 g/mol. The molecule has 7 aliphatic rings. The number of hydrogen-bond donors (Lipinski definition) is 3. The number of carbonyl (C=O) groups excluding carboxylic acids is 2. The van der Waals surface area contributed by atoms with Gasteiger partial charge in [-0.15, -0.1) is 10.2 Å². The number of benzene rings is 2. The lowest BCUT2D eigenvalue weighted by molar-refractivity contribution is -0.120. The van der Waals surface area contributed by atoms with Gasteiger partial charge in [0.15, 0.2) is 5.82 Å². The molecule has 14 nitrogen and oxygen atoms in total. The van der Waals surface area contributed by atoms with Crippen LogP contribution in [-0.2, 0) is 4.79 Å². The number of aryl methyl sites for hydroxylation is 1. The molecule has 8 heterocycles. The second-order valence-corrected chi connectivity index (χ2v) is 20.5. The zero-order valence-corrected chi connectivity index (χ0v) is 37.1. The minimum atomic E-state index is -0.381. The third-order valence-electron chi connectivity index (χ3n) is 16.9. The van der Waals surface area contributed by atoms with Crippen molar-refractivity contribution < 1.29 is 19.1 Å². The van der Waals surface area contributed by atoms with Crippen LogP contribution in [0.3, 0.4) is 0 Å². The third-order valence-corrected chi connectivity index (χ3v) is 16.9. The average Bonchev–Trinajstić information content (AvgIpc) is 3.75. The number of nitrogens with two attached hydrogens (primary N) is 1. The number of amides is 3. The molecule has 4 N–H and O–H groups in total. The van der Waals surface area contributed by atoms with Crippen molar-refractivity contribution >= 4 is 51.5 Å². The van der Waals surface area contributed by atoms with E-state index in [2.05, 4.69) is 58.9 Å². The van der Waals surface area contributed by atoms with Gasteiger partial charge in [-0.25, -0.2) is 14.2 Å². The molecule has 7 fully saturated rings. The normalized spacial score (nSPS) is 25.4. The smallest absolute Gasteiger partial charge is 0.328 e. The van der Waals surface area contributed by atoms with Gasteiger partial charge in [0, 0.05) is 86.1 Å². The summed E-state index contributed by atoms with van der Waals surface area (Å²) < 4.78 is 18.1. The van der Waals surface area contributed by atoms with Crippen LogP contribution in [0.1, 0.15) is 82.2 Å². The number of aromatic hydroxyl groups is 1. The molecule has 5 aliphatic heterocycles. The number of halogens is 1. The highest BCUT2D eigenvalue weighted by Crippen LogP contribution is 2.58. The Hall–Kier alpha value is -5.96. The molecular weight excluding hydrogens is 822 g/mol. The molecule has 2 atom stereocenters. The number of nitrogen functional groups attached to an aromatic ring is 1. The number of para-hydroxylation sites is 1. The molecule has 12 rings (SSSR count). The number of carbonyl (C=O) groups is 2. The number of phenolic OH excluding ortho intramolecular Hbond substituents is 1. The van der Waals surface area contributed by atoms with E-state index in [0.29, 0.717) is 53.0 Å². The second-order valence-electron chi connectivity index (χ2n) is 20.5. The van der Waals surface area contributed by atoms with Crippen LogP contribution in [0.4, 0.5) is 37.8 Å². The third kappa shape index (κ3) is 6.94. The summed E-state index contributed by atoms with van der Waals surface area (Å²) >= 11 is 0. The van der Waals surface area contributed by atoms with E-state index in [1.54, 1.807) is 29.3 Å². The molecule has 2 aromatic carbocycles. The number of anilines is 5. The minimum Gasteiger partial charge on any atom is -0.507 e. The number of fused-ring (bicyclic) bond motifs is 3. The fourth-order valence-corrected chi connectivity index (χ4v) is 13.1. The number of rotatable bonds is 7. The number of piperidine rings is 2. The van der Waals surface area contributed by atoms with Crippen molar-refractivity contribution in [3.8, 4) is 17.0 Å². The van der Waals surface area contributed by atoms with Crippen molar-refractivity contribution in [3.63, 3.8) is 0 Å². The molecular formula is C50H58FN11O3. The van der Waals surface area contributed by atoms with Gasteiger partial charge in [0.2, 0.25) is 5.91 Å². The van der Waals surface area contributed by atoms with Crippen molar-refractivity contribution in [1.29, 1.82) is 0 Å². The van der Waals surface area contributed by atoms with Gasteiger partial charge in [-0.3, -0.25) is 15.0 Å². The minimum absolute atomic E-state index is 0.136. The highest BCUT2D eigenvalue weighted by molar-refractivity contribution is 6.06. The van der Waals surface area contributed by atoms with E-state index < -0.39 is 0 Å². The number of likely N-dealkylation sites (tertiary alicyclic amines) is 1. The number of nitrogens with zero attached hydrogens (tertiary/aromatic N) is 9. The van der Waals surface area contributed by atoms with E-state index in [1.807, 2.05) is 30.3 Å². The van der Waals surface area contributed by atoms with E-state index in [1.165, 1.54) is 51.6 Å². The molecule has 338 valence electrons. The van der Waals surface area contributed by atoms with Crippen molar-refractivity contribution in [2.75, 3.05) is 71.1 Å². The lowest BCUT2D eigenvalue weighted by Crippen LogP contribution is -2.58. The molecule has 0 radical (unpaired) electrons. The Bertz CT molecular complexity index is 2680. The summed E-state index contributed by atoms with van der Waals surface area (Å²) in [6.45, 7) is 8.19. The molecule has 3 aromatic heterocycles. The van der Waals surface area contributed by atoms with Gasteiger partial charge < -0.3 is 35.0 Å². The molecule has 2 bridgehead atoms. The lowest BCUT2D eigenvalue weighted by atomic mass is 9.57. The lowest BCUT2D eigenvalue weighted by Gasteiger charge is -2.59. The van der Waals surface area contributed by atoms with E-state index in [9.17, 15) is 14.7 Å². The summed E-state index contributed by atoms with van der Waals surface area (Å²) in [7, 11) is 0. The topological polar surface area (TPSA) is 152 Å². The van der Waals surface area contributed by atoms with Crippen LogP contribution in [0.5, 0.6) is 5.75 Å². The Balaban J connectivity index is 0.636. The van der Waals surface area contributed by atoms with Gasteiger partial charge in [-0.1, -0.05) is 12.1 Å². The van der Waals surface area contributed by atoms with Crippen molar-refractivity contribution in [2.24, 2.45) is 10.8 Å². The largest absolute Gasteiger partial charge is 0.507 e. The maximum Gasteiger partial charge on any atom is 0.328 e. The maximum atomic E-state index is 15.7. The highest BCUT2D eigenvalue weighted by atomic mass is 19.1. The van der Waals surface area contributed by atoms with E-state index in [-0.39, 0.29) is 35.6 Å². The molecule has 2 saturated carbocycles. The summed E-state index contributed by atoms with van der Waals surface area (Å²) in [6.07, 6.45) is 16.0.